The minimum absolute atomic E-state index is 0.244. The zero-order valence-electron chi connectivity index (χ0n) is 26.0. The predicted molar refractivity (Wildman–Crippen MR) is 168 cm³/mol. The number of hydrogen-bond acceptors (Lipinski definition) is 6. The number of carbonyl (C=O) groups excluding carboxylic acids is 3. The van der Waals surface area contributed by atoms with Crippen LogP contribution in [0.2, 0.25) is 0 Å². The molecule has 232 valence electrons. The lowest BCUT2D eigenvalue weighted by Gasteiger charge is -2.40. The van der Waals surface area contributed by atoms with Gasteiger partial charge in [0, 0.05) is 24.5 Å². The van der Waals surface area contributed by atoms with Gasteiger partial charge in [0.15, 0.2) is 0 Å². The highest BCUT2D eigenvalue weighted by Crippen LogP contribution is 2.58. The van der Waals surface area contributed by atoms with Gasteiger partial charge in [0.25, 0.3) is 5.91 Å². The Labute approximate surface area is 258 Å². The number of aliphatic hydroxyl groups excluding tert-OH is 1. The fraction of sp³-hybridized carbons (Fsp3) is 0.457. The molecule has 9 heteroatoms. The van der Waals surface area contributed by atoms with E-state index >= 15 is 0 Å². The first-order chi connectivity index (χ1) is 21.1. The quantitative estimate of drug-likeness (QED) is 0.484. The van der Waals surface area contributed by atoms with Crippen LogP contribution < -0.4 is 14.5 Å². The summed E-state index contributed by atoms with van der Waals surface area (Å²) in [6.07, 6.45) is 7.94. The van der Waals surface area contributed by atoms with Crippen molar-refractivity contribution in [2.24, 2.45) is 11.8 Å². The van der Waals surface area contributed by atoms with E-state index in [9.17, 15) is 19.5 Å². The van der Waals surface area contributed by atoms with Gasteiger partial charge in [-0.15, -0.1) is 0 Å². The van der Waals surface area contributed by atoms with Gasteiger partial charge in [0.2, 0.25) is 11.8 Å². The Bertz CT molecular complexity index is 1530. The van der Waals surface area contributed by atoms with Crippen LogP contribution in [0.25, 0.3) is 0 Å². The maximum absolute atomic E-state index is 14.8. The fourth-order valence-corrected chi connectivity index (χ4v) is 7.62. The number of carbonyl (C=O) groups is 3. The monoisotopic (exact) mass is 599 g/mol. The molecule has 2 aromatic rings. The first kappa shape index (κ1) is 30.1. The van der Waals surface area contributed by atoms with E-state index in [2.05, 4.69) is 0 Å². The van der Waals surface area contributed by atoms with Crippen LogP contribution in [0.5, 0.6) is 5.75 Å². The van der Waals surface area contributed by atoms with Gasteiger partial charge in [-0.25, -0.2) is 0 Å². The van der Waals surface area contributed by atoms with E-state index in [1.165, 1.54) is 4.90 Å². The molecule has 4 heterocycles. The number of ether oxygens (including phenoxy) is 2. The van der Waals surface area contributed by atoms with Crippen molar-refractivity contribution in [3.8, 4) is 5.75 Å². The molecule has 6 rings (SSSR count). The van der Waals surface area contributed by atoms with Gasteiger partial charge in [-0.05, 0) is 75.6 Å². The van der Waals surface area contributed by atoms with Crippen LogP contribution in [0.4, 0.5) is 11.4 Å². The van der Waals surface area contributed by atoms with Crippen LogP contribution in [0.3, 0.4) is 0 Å². The van der Waals surface area contributed by atoms with Crippen molar-refractivity contribution in [1.29, 1.82) is 0 Å². The maximum Gasteiger partial charge on any atom is 0.253 e. The minimum atomic E-state index is -1.40. The molecule has 0 aromatic heterocycles. The van der Waals surface area contributed by atoms with Gasteiger partial charge < -0.3 is 29.3 Å². The molecule has 0 radical (unpaired) electrons. The Kier molecular flexibility index (Phi) is 7.66. The number of hydrogen-bond donors (Lipinski definition) is 1. The van der Waals surface area contributed by atoms with Crippen LogP contribution in [0.15, 0.2) is 66.8 Å². The van der Waals surface area contributed by atoms with Crippen LogP contribution in [-0.2, 0) is 19.1 Å². The largest absolute Gasteiger partial charge is 0.494 e. The summed E-state index contributed by atoms with van der Waals surface area (Å²) in [7, 11) is 0. The van der Waals surface area contributed by atoms with Crippen molar-refractivity contribution in [3.63, 3.8) is 0 Å². The Morgan fingerprint density at radius 3 is 2.32 bits per heavy atom. The Balaban J connectivity index is 1.47. The van der Waals surface area contributed by atoms with Crippen molar-refractivity contribution in [2.75, 3.05) is 36.1 Å². The molecular formula is C35H41N3O6. The van der Waals surface area contributed by atoms with Gasteiger partial charge in [0.05, 0.1) is 36.7 Å². The van der Waals surface area contributed by atoms with Gasteiger partial charge in [-0.3, -0.25) is 14.4 Å². The standard InChI is InChI=1S/C35H41N3O6/c1-6-24(21-39)38-30-33(42)37(27-20-22(3)10-11-23(27)4)19-9-17-35(30)29(32(38)41)28-31(40)36(18-8-16-34(28,5)44-35)25-12-14-26(15-13-25)43-7-2/h8-17,20,24,28-30,39H,6-7,18-19,21H2,1-5H3/t24-,28-,29-,30?,34+,35-/m0/s1. The van der Waals surface area contributed by atoms with E-state index in [4.69, 9.17) is 9.47 Å². The number of anilines is 2. The molecule has 2 aromatic carbocycles. The molecule has 4 aliphatic heterocycles. The van der Waals surface area contributed by atoms with E-state index in [1.54, 1.807) is 9.80 Å². The number of aryl methyl sites for hydroxylation is 2. The number of aliphatic hydroxyl groups is 1. The molecule has 44 heavy (non-hydrogen) atoms. The molecule has 3 amide bonds. The lowest BCUT2D eigenvalue weighted by atomic mass is 9.74. The summed E-state index contributed by atoms with van der Waals surface area (Å²) in [5.74, 6) is -2.03. The second kappa shape index (κ2) is 11.2. The Hall–Kier alpha value is -3.95. The maximum atomic E-state index is 14.8. The zero-order chi connectivity index (χ0) is 31.4. The van der Waals surface area contributed by atoms with Crippen LogP contribution in [-0.4, -0.2) is 77.3 Å². The summed E-state index contributed by atoms with van der Waals surface area (Å²) < 4.78 is 12.5. The van der Waals surface area contributed by atoms with E-state index < -0.39 is 35.1 Å². The third-order valence-corrected chi connectivity index (χ3v) is 9.69. The molecule has 9 nitrogen and oxygen atoms in total. The molecule has 2 saturated heterocycles. The average molecular weight is 600 g/mol. The van der Waals surface area contributed by atoms with Crippen LogP contribution >= 0.6 is 0 Å². The smallest absolute Gasteiger partial charge is 0.253 e. The predicted octanol–water partition coefficient (Wildman–Crippen LogP) is 3.95. The number of nitrogens with zero attached hydrogens (tertiary/aromatic N) is 3. The number of benzene rings is 2. The van der Waals surface area contributed by atoms with E-state index in [0.29, 0.717) is 37.6 Å². The molecule has 6 atom stereocenters. The lowest BCUT2D eigenvalue weighted by Crippen LogP contribution is -2.58. The molecule has 1 spiro atoms. The van der Waals surface area contributed by atoms with Crippen LogP contribution in [0.1, 0.15) is 38.3 Å². The van der Waals surface area contributed by atoms with Gasteiger partial charge in [0.1, 0.15) is 17.4 Å². The number of likely N-dealkylation sites (tertiary alicyclic amines) is 1. The normalized spacial score (nSPS) is 30.2. The summed E-state index contributed by atoms with van der Waals surface area (Å²) in [4.78, 5) is 48.9. The Morgan fingerprint density at radius 1 is 0.932 bits per heavy atom. The SMILES string of the molecule is CCOc1ccc(N2CC=C[C@@]3(C)O[C@]45C=CCN(c6cc(C)ccc6C)C(=O)C4N([C@@H](CC)CO)C(=O)[C@@H]5[C@H]3C2=O)cc1. The van der Waals surface area contributed by atoms with Gasteiger partial charge in [-0.2, -0.15) is 0 Å². The second-order valence-electron chi connectivity index (χ2n) is 12.4. The van der Waals surface area contributed by atoms with Crippen molar-refractivity contribution in [3.05, 3.63) is 77.9 Å². The van der Waals surface area contributed by atoms with Gasteiger partial charge >= 0.3 is 0 Å². The number of fused-ring (bicyclic) bond motifs is 2. The molecule has 0 aliphatic carbocycles. The zero-order valence-corrected chi connectivity index (χ0v) is 26.0. The van der Waals surface area contributed by atoms with Gasteiger partial charge in [-0.1, -0.05) is 43.4 Å². The molecule has 4 aliphatic rings. The molecule has 1 N–H and O–H groups in total. The highest BCUT2D eigenvalue weighted by Gasteiger charge is 2.75. The van der Waals surface area contributed by atoms with Crippen molar-refractivity contribution < 1.29 is 29.0 Å². The van der Waals surface area contributed by atoms with Crippen molar-refractivity contribution >= 4 is 29.1 Å². The fourth-order valence-electron chi connectivity index (χ4n) is 7.62. The molecular weight excluding hydrogens is 558 g/mol. The topological polar surface area (TPSA) is 99.6 Å². The minimum Gasteiger partial charge on any atom is -0.494 e. The first-order valence-corrected chi connectivity index (χ1v) is 15.5. The van der Waals surface area contributed by atoms with Crippen molar-refractivity contribution in [2.45, 2.75) is 64.3 Å². The highest BCUT2D eigenvalue weighted by atomic mass is 16.5. The number of amides is 3. The third kappa shape index (κ3) is 4.47. The summed E-state index contributed by atoms with van der Waals surface area (Å²) in [5, 5.41) is 10.4. The average Bonchev–Trinajstić information content (AvgIpc) is 3.27. The number of rotatable bonds is 7. The molecule has 2 fully saturated rings. The molecule has 0 saturated carbocycles. The second-order valence-corrected chi connectivity index (χ2v) is 12.4. The van der Waals surface area contributed by atoms with E-state index in [1.807, 2.05) is 101 Å². The first-order valence-electron chi connectivity index (χ1n) is 15.5. The molecule has 1 unspecified atom stereocenters. The van der Waals surface area contributed by atoms with E-state index in [0.717, 1.165) is 16.8 Å². The highest BCUT2D eigenvalue weighted by molar-refractivity contribution is 6.08. The van der Waals surface area contributed by atoms with E-state index in [-0.39, 0.29) is 24.3 Å². The lowest BCUT2D eigenvalue weighted by molar-refractivity contribution is -0.148. The summed E-state index contributed by atoms with van der Waals surface area (Å²) in [6.45, 7) is 10.4. The third-order valence-electron chi connectivity index (χ3n) is 9.69. The van der Waals surface area contributed by atoms with Crippen LogP contribution in [0, 0.1) is 25.7 Å². The summed E-state index contributed by atoms with van der Waals surface area (Å²) in [6, 6.07) is 11.6. The Morgan fingerprint density at radius 2 is 1.64 bits per heavy atom. The molecule has 0 bridgehead atoms. The summed E-state index contributed by atoms with van der Waals surface area (Å²) in [5.41, 5.74) is 0.857. The van der Waals surface area contributed by atoms with Crippen molar-refractivity contribution in [1.82, 2.24) is 4.90 Å². The summed E-state index contributed by atoms with van der Waals surface area (Å²) >= 11 is 0.